The molecule has 136 valence electrons. The highest BCUT2D eigenvalue weighted by molar-refractivity contribution is 7.89. The van der Waals surface area contributed by atoms with Crippen LogP contribution in [0.5, 0.6) is 0 Å². The monoisotopic (exact) mass is 372 g/mol. The van der Waals surface area contributed by atoms with E-state index in [0.717, 1.165) is 32.4 Å². The van der Waals surface area contributed by atoms with E-state index in [1.165, 1.54) is 11.1 Å². The molecular formula is C18H29ClN2O2S. The highest BCUT2D eigenvalue weighted by Crippen LogP contribution is 2.31. The summed E-state index contributed by atoms with van der Waals surface area (Å²) >= 11 is 0. The van der Waals surface area contributed by atoms with Crippen LogP contribution in [0, 0.1) is 5.92 Å². The minimum absolute atomic E-state index is 0. The Balaban J connectivity index is 0.00000208. The molecule has 4 nitrogen and oxygen atoms in total. The van der Waals surface area contributed by atoms with Crippen LogP contribution >= 0.6 is 0 Å². The maximum atomic E-state index is 13.0. The Bertz CT molecular complexity index is 679. The molecule has 1 aromatic rings. The Morgan fingerprint density at radius 3 is 2.46 bits per heavy atom. The van der Waals surface area contributed by atoms with Crippen molar-refractivity contribution in [3.63, 3.8) is 0 Å². The molecule has 24 heavy (non-hydrogen) atoms. The topological polar surface area (TPSA) is 46.2 Å². The molecule has 0 aromatic heterocycles. The van der Waals surface area contributed by atoms with Gasteiger partial charge >= 0.3 is 0 Å². The van der Waals surface area contributed by atoms with E-state index in [0.29, 0.717) is 23.0 Å². The summed E-state index contributed by atoms with van der Waals surface area (Å²) in [6.07, 6.45) is 3.31. The largest absolute Gasteiger partial charge is 1.00 e. The third-order valence-electron chi connectivity index (χ3n) is 5.84. The molecule has 4 atom stereocenters. The Morgan fingerprint density at radius 2 is 1.88 bits per heavy atom. The smallest absolute Gasteiger partial charge is 0.256 e. The predicted molar refractivity (Wildman–Crippen MR) is 93.2 cm³/mol. The summed E-state index contributed by atoms with van der Waals surface area (Å²) in [6, 6.07) is 8.58. The number of hydrogen-bond donors (Lipinski definition) is 1. The van der Waals surface area contributed by atoms with Gasteiger partial charge in [0, 0.05) is 12.3 Å². The predicted octanol–water partition coefficient (Wildman–Crippen LogP) is -0.353. The van der Waals surface area contributed by atoms with Crippen LogP contribution in [0.4, 0.5) is 0 Å². The van der Waals surface area contributed by atoms with Crippen molar-refractivity contribution in [2.75, 3.05) is 13.1 Å². The van der Waals surface area contributed by atoms with Crippen molar-refractivity contribution in [3.05, 3.63) is 35.4 Å². The van der Waals surface area contributed by atoms with E-state index in [2.05, 4.69) is 37.7 Å². The zero-order valence-corrected chi connectivity index (χ0v) is 16.4. The molecule has 0 spiro atoms. The lowest BCUT2D eigenvalue weighted by atomic mass is 9.92. The van der Waals surface area contributed by atoms with Crippen LogP contribution in [-0.2, 0) is 22.9 Å². The van der Waals surface area contributed by atoms with Gasteiger partial charge in [-0.15, -0.1) is 0 Å². The quantitative estimate of drug-likeness (QED) is 0.734. The fourth-order valence-corrected chi connectivity index (χ4v) is 6.35. The maximum absolute atomic E-state index is 13.0. The van der Waals surface area contributed by atoms with Crippen LogP contribution in [-0.4, -0.2) is 37.4 Å². The van der Waals surface area contributed by atoms with Crippen molar-refractivity contribution < 1.29 is 25.4 Å². The molecule has 1 aliphatic carbocycles. The van der Waals surface area contributed by atoms with Gasteiger partial charge in [-0.05, 0) is 44.2 Å². The normalized spacial score (nSPS) is 32.9. The average Bonchev–Trinajstić information content (AvgIpc) is 2.80. The van der Waals surface area contributed by atoms with Crippen LogP contribution < -0.4 is 17.2 Å². The molecule has 2 aliphatic rings. The number of benzene rings is 1. The van der Waals surface area contributed by atoms with Crippen molar-refractivity contribution in [1.29, 1.82) is 0 Å². The van der Waals surface area contributed by atoms with Crippen molar-refractivity contribution in [1.82, 2.24) is 4.83 Å². The molecule has 4 unspecified atom stereocenters. The van der Waals surface area contributed by atoms with Crippen LogP contribution in [0.25, 0.3) is 0 Å². The number of aryl methyl sites for hydroxylation is 1. The second-order valence-corrected chi connectivity index (χ2v) is 9.43. The maximum Gasteiger partial charge on any atom is 0.256 e. The Morgan fingerprint density at radius 1 is 1.21 bits per heavy atom. The fourth-order valence-electron chi connectivity index (χ4n) is 4.48. The van der Waals surface area contributed by atoms with Crippen LogP contribution in [0.1, 0.15) is 44.7 Å². The van der Waals surface area contributed by atoms with Crippen molar-refractivity contribution >= 4 is 10.0 Å². The second kappa shape index (κ2) is 7.32. The summed E-state index contributed by atoms with van der Waals surface area (Å²) in [4.78, 5) is 3.11. The second-order valence-electron chi connectivity index (χ2n) is 7.49. The van der Waals surface area contributed by atoms with E-state index in [9.17, 15) is 8.42 Å². The molecular weight excluding hydrogens is 344 g/mol. The van der Waals surface area contributed by atoms with Crippen molar-refractivity contribution in [3.8, 4) is 0 Å². The summed E-state index contributed by atoms with van der Waals surface area (Å²) in [5, 5.41) is -0.304. The molecule has 3 rings (SSSR count). The van der Waals surface area contributed by atoms with Gasteiger partial charge in [-0.2, -0.15) is 0 Å². The lowest BCUT2D eigenvalue weighted by Gasteiger charge is -2.38. The van der Waals surface area contributed by atoms with Gasteiger partial charge in [0.05, 0.1) is 11.8 Å². The van der Waals surface area contributed by atoms with Gasteiger partial charge in [-0.25, -0.2) is 13.0 Å². The van der Waals surface area contributed by atoms with Crippen LogP contribution in [0.15, 0.2) is 24.3 Å². The van der Waals surface area contributed by atoms with Crippen molar-refractivity contribution in [2.24, 2.45) is 5.92 Å². The molecule has 0 amide bonds. The number of halogens is 1. The van der Waals surface area contributed by atoms with Crippen LogP contribution in [0.2, 0.25) is 0 Å². The average molecular weight is 373 g/mol. The highest BCUT2D eigenvalue weighted by Gasteiger charge is 2.46. The van der Waals surface area contributed by atoms with Gasteiger partial charge in [-0.3, -0.25) is 0 Å². The SMILES string of the molecule is CC[N+]1(NS(=O)(=O)C2CCc3ccccc3C2)CC(C)CC1C.[Cl-]. The third kappa shape index (κ3) is 3.64. The van der Waals surface area contributed by atoms with E-state index in [-0.39, 0.29) is 17.7 Å². The summed E-state index contributed by atoms with van der Waals surface area (Å²) in [7, 11) is -3.31. The fraction of sp³-hybridized carbons (Fsp3) is 0.667. The number of quaternary nitrogens is 1. The minimum atomic E-state index is -3.31. The number of fused-ring (bicyclic) bond motifs is 1. The van der Waals surface area contributed by atoms with Gasteiger partial charge in [0.25, 0.3) is 10.0 Å². The van der Waals surface area contributed by atoms with Gasteiger partial charge < -0.3 is 12.4 Å². The molecule has 1 saturated heterocycles. The minimum Gasteiger partial charge on any atom is -1.00 e. The number of nitrogens with zero attached hydrogens (tertiary/aromatic N) is 1. The molecule has 0 saturated carbocycles. The summed E-state index contributed by atoms with van der Waals surface area (Å²) < 4.78 is 26.6. The first-order valence-corrected chi connectivity index (χ1v) is 10.4. The van der Waals surface area contributed by atoms with E-state index >= 15 is 0 Å². The number of rotatable bonds is 4. The Kier molecular flexibility index (Phi) is 6.01. The van der Waals surface area contributed by atoms with E-state index in [1.54, 1.807) is 0 Å². The highest BCUT2D eigenvalue weighted by atomic mass is 35.5. The van der Waals surface area contributed by atoms with E-state index < -0.39 is 10.0 Å². The molecule has 6 heteroatoms. The number of sulfonamides is 1. The molecule has 1 aromatic carbocycles. The number of hydrogen-bond acceptors (Lipinski definition) is 2. The lowest BCUT2D eigenvalue weighted by Crippen LogP contribution is -3.00. The Labute approximate surface area is 152 Å². The van der Waals surface area contributed by atoms with Gasteiger partial charge in [0.15, 0.2) is 0 Å². The summed E-state index contributed by atoms with van der Waals surface area (Å²) in [5.41, 5.74) is 2.50. The standard InChI is InChI=1S/C18H29N2O2S.ClH/c1-4-20(13-14(2)11-15(20)3)19-23(21,22)18-10-9-16-7-5-6-8-17(16)12-18;/h5-8,14-15,18-19H,4,9-13H2,1-3H3;1H/q+1;/p-1. The number of nitrogens with one attached hydrogen (secondary N) is 1. The first-order valence-electron chi connectivity index (χ1n) is 8.82. The first kappa shape index (κ1) is 19.7. The zero-order chi connectivity index (χ0) is 16.7. The van der Waals surface area contributed by atoms with Gasteiger partial charge in [0.2, 0.25) is 0 Å². The first-order chi connectivity index (χ1) is 10.9. The molecule has 0 radical (unpaired) electrons. The van der Waals surface area contributed by atoms with Gasteiger partial charge in [-0.1, -0.05) is 36.0 Å². The van der Waals surface area contributed by atoms with Crippen LogP contribution in [0.3, 0.4) is 0 Å². The molecule has 1 aliphatic heterocycles. The number of likely N-dealkylation sites (tertiary alicyclic amines) is 1. The molecule has 1 fully saturated rings. The lowest BCUT2D eigenvalue weighted by molar-refractivity contribution is -0.965. The third-order valence-corrected chi connectivity index (χ3v) is 7.74. The molecule has 0 bridgehead atoms. The molecule has 1 N–H and O–H groups in total. The zero-order valence-electron chi connectivity index (χ0n) is 14.8. The summed E-state index contributed by atoms with van der Waals surface area (Å²) in [5.74, 6) is 0.569. The van der Waals surface area contributed by atoms with E-state index in [4.69, 9.17) is 0 Å². The van der Waals surface area contributed by atoms with E-state index in [1.807, 2.05) is 12.1 Å². The van der Waals surface area contributed by atoms with Gasteiger partial charge in [0.1, 0.15) is 12.6 Å². The Hall–Kier alpha value is -0.620. The van der Waals surface area contributed by atoms with Crippen molar-refractivity contribution in [2.45, 2.75) is 57.7 Å². The molecule has 1 heterocycles. The summed E-state index contributed by atoms with van der Waals surface area (Å²) in [6.45, 7) is 8.20.